The van der Waals surface area contributed by atoms with Gasteiger partial charge in [0.1, 0.15) is 0 Å². The van der Waals surface area contributed by atoms with Crippen LogP contribution in [0.3, 0.4) is 0 Å². The van der Waals surface area contributed by atoms with Gasteiger partial charge in [0.25, 0.3) is 10.0 Å². The number of sulfonamides is 1. The molecule has 2 N–H and O–H groups in total. The molecule has 0 radical (unpaired) electrons. The van der Waals surface area contributed by atoms with Crippen LogP contribution < -0.4 is 4.72 Å². The van der Waals surface area contributed by atoms with Crippen molar-refractivity contribution in [1.82, 2.24) is 4.98 Å². The standard InChI is InChI=1S/C13H13ClN2O3S/c1-9-10(8-17)5-11(14)6-13(9)20(18,19)16-12-3-2-4-15-7-12/h2-7,16-17H,8H2,1H3. The number of hydrogen-bond acceptors (Lipinski definition) is 4. The highest BCUT2D eigenvalue weighted by Crippen LogP contribution is 2.26. The number of hydrogen-bond donors (Lipinski definition) is 2. The average molecular weight is 313 g/mol. The number of aliphatic hydroxyl groups excluding tert-OH is 1. The first-order chi connectivity index (χ1) is 9.44. The van der Waals surface area contributed by atoms with Crippen LogP contribution in [0.1, 0.15) is 11.1 Å². The lowest BCUT2D eigenvalue weighted by atomic mass is 10.1. The summed E-state index contributed by atoms with van der Waals surface area (Å²) in [4.78, 5) is 3.88. The summed E-state index contributed by atoms with van der Waals surface area (Å²) < 4.78 is 27.2. The Hall–Kier alpha value is -1.63. The normalized spacial score (nSPS) is 11.3. The van der Waals surface area contributed by atoms with Gasteiger partial charge in [0.2, 0.25) is 0 Å². The van der Waals surface area contributed by atoms with E-state index in [2.05, 4.69) is 9.71 Å². The fourth-order valence-electron chi connectivity index (χ4n) is 1.78. The maximum absolute atomic E-state index is 12.4. The SMILES string of the molecule is Cc1c(CO)cc(Cl)cc1S(=O)(=O)Nc1cccnc1. The molecule has 1 heterocycles. The van der Waals surface area contributed by atoms with Crippen molar-refractivity contribution in [2.24, 2.45) is 0 Å². The Morgan fingerprint density at radius 1 is 1.40 bits per heavy atom. The molecule has 0 aliphatic heterocycles. The molecule has 1 aromatic heterocycles. The van der Waals surface area contributed by atoms with Crippen LogP contribution in [0.5, 0.6) is 0 Å². The molecular formula is C13H13ClN2O3S. The highest BCUT2D eigenvalue weighted by molar-refractivity contribution is 7.92. The molecule has 7 heteroatoms. The van der Waals surface area contributed by atoms with E-state index < -0.39 is 10.0 Å². The van der Waals surface area contributed by atoms with Gasteiger partial charge in [-0.05, 0) is 42.3 Å². The summed E-state index contributed by atoms with van der Waals surface area (Å²) in [6.45, 7) is 1.35. The van der Waals surface area contributed by atoms with Crippen molar-refractivity contribution >= 4 is 27.3 Å². The molecule has 2 rings (SSSR count). The predicted octanol–water partition coefficient (Wildman–Crippen LogP) is 2.34. The molecule has 0 bridgehead atoms. The number of nitrogens with one attached hydrogen (secondary N) is 1. The summed E-state index contributed by atoms with van der Waals surface area (Å²) in [6.07, 6.45) is 2.96. The first-order valence-electron chi connectivity index (χ1n) is 5.77. The molecule has 0 aliphatic carbocycles. The molecule has 20 heavy (non-hydrogen) atoms. The molecule has 2 aromatic rings. The van der Waals surface area contributed by atoms with Crippen LogP contribution in [0.25, 0.3) is 0 Å². The monoisotopic (exact) mass is 312 g/mol. The van der Waals surface area contributed by atoms with Crippen molar-refractivity contribution in [2.45, 2.75) is 18.4 Å². The molecule has 1 aromatic carbocycles. The van der Waals surface area contributed by atoms with Crippen LogP contribution in [-0.4, -0.2) is 18.5 Å². The van der Waals surface area contributed by atoms with E-state index in [0.717, 1.165) is 0 Å². The molecule has 0 saturated heterocycles. The van der Waals surface area contributed by atoms with E-state index in [1.54, 1.807) is 31.3 Å². The Labute approximate surface area is 122 Å². The van der Waals surface area contributed by atoms with Crippen LogP contribution in [0.2, 0.25) is 5.02 Å². The Balaban J connectivity index is 2.47. The predicted molar refractivity (Wildman–Crippen MR) is 77.2 cm³/mol. The summed E-state index contributed by atoms with van der Waals surface area (Å²) in [5.74, 6) is 0. The lowest BCUT2D eigenvalue weighted by molar-refractivity contribution is 0.280. The second-order valence-electron chi connectivity index (χ2n) is 4.19. The number of benzene rings is 1. The molecule has 0 spiro atoms. The minimum atomic E-state index is -3.78. The van der Waals surface area contributed by atoms with Crippen molar-refractivity contribution in [3.8, 4) is 0 Å². The summed E-state index contributed by atoms with van der Waals surface area (Å²) in [7, 11) is -3.78. The van der Waals surface area contributed by atoms with Crippen molar-refractivity contribution in [3.63, 3.8) is 0 Å². The van der Waals surface area contributed by atoms with Gasteiger partial charge in [-0.25, -0.2) is 8.42 Å². The maximum atomic E-state index is 12.4. The third kappa shape index (κ3) is 3.09. The van der Waals surface area contributed by atoms with E-state index in [1.807, 2.05) is 0 Å². The zero-order chi connectivity index (χ0) is 14.8. The zero-order valence-corrected chi connectivity index (χ0v) is 12.2. The number of aromatic nitrogens is 1. The van der Waals surface area contributed by atoms with Crippen molar-refractivity contribution in [1.29, 1.82) is 0 Å². The van der Waals surface area contributed by atoms with Gasteiger partial charge in [0.05, 0.1) is 23.4 Å². The highest BCUT2D eigenvalue weighted by Gasteiger charge is 2.19. The minimum absolute atomic E-state index is 0.0397. The van der Waals surface area contributed by atoms with E-state index in [4.69, 9.17) is 11.6 Å². The summed E-state index contributed by atoms with van der Waals surface area (Å²) in [5.41, 5.74) is 1.30. The molecule has 0 saturated carbocycles. The smallest absolute Gasteiger partial charge is 0.262 e. The minimum Gasteiger partial charge on any atom is -0.392 e. The van der Waals surface area contributed by atoms with Crippen molar-refractivity contribution < 1.29 is 13.5 Å². The van der Waals surface area contributed by atoms with Gasteiger partial charge in [-0.1, -0.05) is 11.6 Å². The van der Waals surface area contributed by atoms with Crippen molar-refractivity contribution in [2.75, 3.05) is 4.72 Å². The molecule has 0 fully saturated rings. The second-order valence-corrected chi connectivity index (χ2v) is 6.28. The van der Waals surface area contributed by atoms with E-state index in [0.29, 0.717) is 16.8 Å². The maximum Gasteiger partial charge on any atom is 0.262 e. The second kappa shape index (κ2) is 5.78. The third-order valence-corrected chi connectivity index (χ3v) is 4.53. The van der Waals surface area contributed by atoms with E-state index in [-0.39, 0.29) is 16.5 Å². The fourth-order valence-corrected chi connectivity index (χ4v) is 3.45. The number of pyridine rings is 1. The van der Waals surface area contributed by atoms with E-state index in [9.17, 15) is 13.5 Å². The van der Waals surface area contributed by atoms with Crippen LogP contribution >= 0.6 is 11.6 Å². The Kier molecular flexibility index (Phi) is 4.27. The molecule has 0 atom stereocenters. The fraction of sp³-hybridized carbons (Fsp3) is 0.154. The quantitative estimate of drug-likeness (QED) is 0.908. The summed E-state index contributed by atoms with van der Waals surface area (Å²) in [6, 6.07) is 6.12. The summed E-state index contributed by atoms with van der Waals surface area (Å²) >= 11 is 5.89. The van der Waals surface area contributed by atoms with Crippen LogP contribution in [-0.2, 0) is 16.6 Å². The topological polar surface area (TPSA) is 79.3 Å². The van der Waals surface area contributed by atoms with Gasteiger partial charge in [0, 0.05) is 11.2 Å². The number of halogens is 1. The van der Waals surface area contributed by atoms with Gasteiger partial charge >= 0.3 is 0 Å². The van der Waals surface area contributed by atoms with Crippen LogP contribution in [0, 0.1) is 6.92 Å². The number of anilines is 1. The summed E-state index contributed by atoms with van der Waals surface area (Å²) in [5, 5.41) is 9.49. The lowest BCUT2D eigenvalue weighted by Crippen LogP contribution is -2.15. The van der Waals surface area contributed by atoms with Crippen LogP contribution in [0.15, 0.2) is 41.6 Å². The molecule has 0 unspecified atom stereocenters. The van der Waals surface area contributed by atoms with Gasteiger partial charge in [0.15, 0.2) is 0 Å². The molecule has 0 aliphatic rings. The van der Waals surface area contributed by atoms with Gasteiger partial charge in [-0.15, -0.1) is 0 Å². The van der Waals surface area contributed by atoms with Crippen LogP contribution in [0.4, 0.5) is 5.69 Å². The molecule has 106 valence electrons. The van der Waals surface area contributed by atoms with Gasteiger partial charge in [-0.3, -0.25) is 9.71 Å². The Bertz CT molecular complexity index is 718. The molecular weight excluding hydrogens is 300 g/mol. The highest BCUT2D eigenvalue weighted by atomic mass is 35.5. The Morgan fingerprint density at radius 2 is 2.15 bits per heavy atom. The van der Waals surface area contributed by atoms with E-state index >= 15 is 0 Å². The van der Waals surface area contributed by atoms with Gasteiger partial charge in [-0.2, -0.15) is 0 Å². The third-order valence-electron chi connectivity index (χ3n) is 2.81. The zero-order valence-electron chi connectivity index (χ0n) is 10.7. The van der Waals surface area contributed by atoms with Gasteiger partial charge < -0.3 is 5.11 Å². The van der Waals surface area contributed by atoms with Crippen molar-refractivity contribution in [3.05, 3.63) is 52.8 Å². The number of nitrogens with zero attached hydrogens (tertiary/aromatic N) is 1. The van der Waals surface area contributed by atoms with E-state index in [1.165, 1.54) is 12.3 Å². The molecule has 0 amide bonds. The first kappa shape index (κ1) is 14.8. The number of rotatable bonds is 4. The largest absolute Gasteiger partial charge is 0.392 e. The first-order valence-corrected chi connectivity index (χ1v) is 7.63. The average Bonchev–Trinajstić information content (AvgIpc) is 2.41. The Morgan fingerprint density at radius 3 is 2.75 bits per heavy atom. The number of aliphatic hydroxyl groups is 1. The molecule has 5 nitrogen and oxygen atoms in total. The lowest BCUT2D eigenvalue weighted by Gasteiger charge is -2.13.